The first-order valence-electron chi connectivity index (χ1n) is 6.16. The van der Waals surface area contributed by atoms with Crippen LogP contribution < -0.4 is 0 Å². The predicted molar refractivity (Wildman–Crippen MR) is 70.8 cm³/mol. The molecule has 1 aliphatic heterocycles. The first-order chi connectivity index (χ1) is 8.61. The highest BCUT2D eigenvalue weighted by atomic mass is 19.5. The molecule has 1 aromatic rings. The van der Waals surface area contributed by atoms with E-state index in [2.05, 4.69) is 56.7 Å². The van der Waals surface area contributed by atoms with Crippen molar-refractivity contribution in [2.24, 2.45) is 0 Å². The van der Waals surface area contributed by atoms with E-state index < -0.39 is 7.25 Å². The van der Waals surface area contributed by atoms with Gasteiger partial charge in [0.1, 0.15) is 7.05 Å². The molecule has 0 spiro atoms. The van der Waals surface area contributed by atoms with Gasteiger partial charge in [-0.3, -0.25) is 0 Å². The number of hydrogen-bond acceptors (Lipinski definition) is 0. The van der Waals surface area contributed by atoms with Gasteiger partial charge in [-0.15, -0.1) is 0 Å². The maximum Gasteiger partial charge on any atom is 0.673 e. The normalized spacial score (nSPS) is 21.9. The second kappa shape index (κ2) is 5.35. The quantitative estimate of drug-likeness (QED) is 0.406. The molecule has 106 valence electrons. The third kappa shape index (κ3) is 3.36. The lowest BCUT2D eigenvalue weighted by Gasteiger charge is -2.19. The molecule has 19 heavy (non-hydrogen) atoms. The van der Waals surface area contributed by atoms with E-state index in [1.807, 2.05) is 0 Å². The summed E-state index contributed by atoms with van der Waals surface area (Å²) in [5.74, 6) is 0. The van der Waals surface area contributed by atoms with E-state index in [4.69, 9.17) is 0 Å². The van der Waals surface area contributed by atoms with Crippen molar-refractivity contribution in [1.82, 2.24) is 0 Å². The molecule has 1 aromatic carbocycles. The van der Waals surface area contributed by atoms with E-state index >= 15 is 0 Å². The summed E-state index contributed by atoms with van der Waals surface area (Å²) in [5.41, 5.74) is 4.55. The molecule has 0 aliphatic carbocycles. The van der Waals surface area contributed by atoms with Crippen molar-refractivity contribution >= 4 is 18.7 Å². The van der Waals surface area contributed by atoms with Crippen LogP contribution in [0.4, 0.5) is 23.0 Å². The lowest BCUT2D eigenvalue weighted by atomic mass is 9.78. The molecule has 0 N–H and O–H groups in total. The zero-order chi connectivity index (χ0) is 14.8. The molecule has 1 atom stereocenters. The fraction of sp³-hybridized carbons (Fsp3) is 0.462. The third-order valence-electron chi connectivity index (χ3n) is 3.87. The maximum atomic E-state index is 9.75. The van der Waals surface area contributed by atoms with Gasteiger partial charge in [-0.25, -0.2) is 4.58 Å². The number of para-hydroxylation sites is 1. The zero-order valence-electron chi connectivity index (χ0n) is 11.6. The van der Waals surface area contributed by atoms with Gasteiger partial charge < -0.3 is 17.3 Å². The van der Waals surface area contributed by atoms with Crippen molar-refractivity contribution in [3.8, 4) is 0 Å². The Morgan fingerprint density at radius 2 is 1.63 bits per heavy atom. The summed E-state index contributed by atoms with van der Waals surface area (Å²) in [7, 11) is -3.84. The summed E-state index contributed by atoms with van der Waals surface area (Å²) in [6.07, 6.45) is 1.17. The van der Waals surface area contributed by atoms with E-state index in [9.17, 15) is 17.3 Å². The smallest absolute Gasteiger partial charge is 0.418 e. The van der Waals surface area contributed by atoms with Crippen LogP contribution in [0, 0.1) is 0 Å². The van der Waals surface area contributed by atoms with E-state index in [0.29, 0.717) is 0 Å². The minimum absolute atomic E-state index is 0.241. The van der Waals surface area contributed by atoms with Gasteiger partial charge in [0.2, 0.25) is 5.69 Å². The van der Waals surface area contributed by atoms with Gasteiger partial charge in [0.15, 0.2) is 5.71 Å². The molecule has 6 heteroatoms. The summed E-state index contributed by atoms with van der Waals surface area (Å²) in [5, 5.41) is 0. The number of hydrogen-bond donors (Lipinski definition) is 0. The first-order valence-corrected chi connectivity index (χ1v) is 6.16. The minimum Gasteiger partial charge on any atom is -0.418 e. The third-order valence-corrected chi connectivity index (χ3v) is 3.87. The lowest BCUT2D eigenvalue weighted by molar-refractivity contribution is -0.403. The Balaban J connectivity index is 0.000000312. The van der Waals surface area contributed by atoms with Crippen LogP contribution in [-0.2, 0) is 5.41 Å². The summed E-state index contributed by atoms with van der Waals surface area (Å²) >= 11 is 0. The lowest BCUT2D eigenvalue weighted by Crippen LogP contribution is -2.28. The van der Waals surface area contributed by atoms with Crippen molar-refractivity contribution in [2.45, 2.75) is 32.6 Å². The van der Waals surface area contributed by atoms with Crippen LogP contribution in [0.15, 0.2) is 24.3 Å². The predicted octanol–water partition coefficient (Wildman–Crippen LogP) is 4.40. The highest BCUT2D eigenvalue weighted by Gasteiger charge is 2.43. The first kappa shape index (κ1) is 15.7. The zero-order valence-corrected chi connectivity index (χ0v) is 11.6. The van der Waals surface area contributed by atoms with Crippen molar-refractivity contribution < 1.29 is 21.8 Å². The molecular weight excluding hydrogens is 257 g/mol. The molecule has 0 aromatic heterocycles. The number of benzene rings is 1. The minimum atomic E-state index is -6.00. The molecule has 0 bridgehead atoms. The molecular formula is C13H18BF4N. The van der Waals surface area contributed by atoms with Crippen molar-refractivity contribution in [3.05, 3.63) is 29.8 Å². The van der Waals surface area contributed by atoms with E-state index in [1.165, 1.54) is 23.4 Å². The number of nitrogens with zero attached hydrogens (tertiary/aromatic N) is 1. The Morgan fingerprint density at radius 1 is 1.16 bits per heavy atom. The van der Waals surface area contributed by atoms with Crippen LogP contribution in [0.5, 0.6) is 0 Å². The number of rotatable bonds is 1. The van der Waals surface area contributed by atoms with Crippen LogP contribution in [0.1, 0.15) is 32.8 Å². The van der Waals surface area contributed by atoms with Crippen LogP contribution in [0.25, 0.3) is 0 Å². The van der Waals surface area contributed by atoms with Crippen molar-refractivity contribution in [3.63, 3.8) is 0 Å². The number of fused-ring (bicyclic) bond motifs is 1. The summed E-state index contributed by atoms with van der Waals surface area (Å²) < 4.78 is 41.3. The molecule has 1 nitrogen and oxygen atoms in total. The summed E-state index contributed by atoms with van der Waals surface area (Å²) in [6, 6.07) is 8.72. The Kier molecular flexibility index (Phi) is 4.43. The second-order valence-electron chi connectivity index (χ2n) is 4.84. The van der Waals surface area contributed by atoms with E-state index in [0.717, 1.165) is 0 Å². The van der Waals surface area contributed by atoms with Crippen molar-refractivity contribution in [2.75, 3.05) is 7.05 Å². The Bertz CT molecular complexity index is 490. The number of halogens is 4. The van der Waals surface area contributed by atoms with Crippen molar-refractivity contribution in [1.29, 1.82) is 0 Å². The highest BCUT2D eigenvalue weighted by molar-refractivity contribution is 6.50. The van der Waals surface area contributed by atoms with Gasteiger partial charge in [-0.05, 0) is 13.3 Å². The van der Waals surface area contributed by atoms with E-state index in [-0.39, 0.29) is 5.41 Å². The highest BCUT2D eigenvalue weighted by Crippen LogP contribution is 2.40. The molecule has 0 saturated heterocycles. The molecule has 0 fully saturated rings. The van der Waals surface area contributed by atoms with Crippen LogP contribution in [0.2, 0.25) is 0 Å². The monoisotopic (exact) mass is 275 g/mol. The van der Waals surface area contributed by atoms with Gasteiger partial charge in [0, 0.05) is 18.6 Å². The Morgan fingerprint density at radius 3 is 2.11 bits per heavy atom. The van der Waals surface area contributed by atoms with Gasteiger partial charge in [0.05, 0.1) is 5.41 Å². The Hall–Kier alpha value is -1.33. The fourth-order valence-electron chi connectivity index (χ4n) is 2.42. The fourth-order valence-corrected chi connectivity index (χ4v) is 2.42. The molecule has 2 rings (SSSR count). The van der Waals surface area contributed by atoms with Gasteiger partial charge in [-0.2, -0.15) is 0 Å². The molecule has 1 unspecified atom stereocenters. The summed E-state index contributed by atoms with van der Waals surface area (Å²) in [4.78, 5) is 0. The van der Waals surface area contributed by atoms with Crippen LogP contribution >= 0.6 is 0 Å². The molecule has 0 saturated carbocycles. The van der Waals surface area contributed by atoms with Crippen LogP contribution in [-0.4, -0.2) is 24.6 Å². The van der Waals surface area contributed by atoms with Gasteiger partial charge in [0.25, 0.3) is 0 Å². The topological polar surface area (TPSA) is 3.01 Å². The standard InChI is InChI=1S/C13H18N.BF4/c1-5-13(3)10(2)14(4)12-9-7-6-8-11(12)13;2-1(3,4)5/h6-9H,5H2,1-4H3;/q+1;-1. The summed E-state index contributed by atoms with van der Waals surface area (Å²) in [6.45, 7) is 6.84. The molecule has 0 amide bonds. The van der Waals surface area contributed by atoms with Gasteiger partial charge >= 0.3 is 7.25 Å². The molecule has 1 heterocycles. The molecule has 0 radical (unpaired) electrons. The largest absolute Gasteiger partial charge is 0.673 e. The molecule has 1 aliphatic rings. The maximum absolute atomic E-state index is 9.75. The SMILES string of the molecule is CCC1(C)C(C)=[N+](C)c2ccccc21.F[B-](F)(F)F. The average molecular weight is 275 g/mol. The Labute approximate surface area is 111 Å². The van der Waals surface area contributed by atoms with Gasteiger partial charge in [-0.1, -0.05) is 25.1 Å². The van der Waals surface area contributed by atoms with E-state index in [1.54, 1.807) is 0 Å². The average Bonchev–Trinajstić information content (AvgIpc) is 2.51. The second-order valence-corrected chi connectivity index (χ2v) is 4.84. The van der Waals surface area contributed by atoms with Crippen LogP contribution in [0.3, 0.4) is 0 Å².